The molecule has 0 saturated carbocycles. The van der Waals surface area contributed by atoms with Crippen molar-refractivity contribution in [2.24, 2.45) is 0 Å². The van der Waals surface area contributed by atoms with E-state index in [1.54, 1.807) is 27.7 Å². The first-order chi connectivity index (χ1) is 11.5. The van der Waals surface area contributed by atoms with E-state index in [1.165, 1.54) is 0 Å². The van der Waals surface area contributed by atoms with Crippen molar-refractivity contribution in [2.75, 3.05) is 26.4 Å². The Hall–Kier alpha value is -0.520. The van der Waals surface area contributed by atoms with Crippen molar-refractivity contribution in [2.45, 2.75) is 34.2 Å². The molecule has 0 aliphatic rings. The number of benzene rings is 1. The first-order valence-corrected chi connectivity index (χ1v) is 11.0. The summed E-state index contributed by atoms with van der Waals surface area (Å²) in [6, 6.07) is 9.20. The predicted octanol–water partition coefficient (Wildman–Crippen LogP) is 4.85. The fourth-order valence-electron chi connectivity index (χ4n) is 2.05. The molecule has 0 amide bonds. The molecule has 0 spiro atoms. The Kier molecular flexibility index (Phi) is 9.39. The maximum atomic E-state index is 13.3. The summed E-state index contributed by atoms with van der Waals surface area (Å²) < 4.78 is 49.1. The second kappa shape index (κ2) is 10.5. The van der Waals surface area contributed by atoms with E-state index < -0.39 is 15.5 Å². The minimum atomic E-state index is -3.86. The molecular formula is C15H27NO6P2. The highest BCUT2D eigenvalue weighted by Crippen LogP contribution is 2.69. The Balaban J connectivity index is 3.32. The Morgan fingerprint density at radius 1 is 0.750 bits per heavy atom. The van der Waals surface area contributed by atoms with E-state index in [0.29, 0.717) is 0 Å². The first kappa shape index (κ1) is 21.5. The summed E-state index contributed by atoms with van der Waals surface area (Å²) in [7, 11) is -7.71. The molecule has 24 heavy (non-hydrogen) atoms. The van der Waals surface area contributed by atoms with Crippen molar-refractivity contribution < 1.29 is 27.2 Å². The summed E-state index contributed by atoms with van der Waals surface area (Å²) in [5, 5.41) is 0. The lowest BCUT2D eigenvalue weighted by Crippen LogP contribution is -2.23. The molecule has 0 aliphatic carbocycles. The van der Waals surface area contributed by atoms with E-state index >= 15 is 0 Å². The van der Waals surface area contributed by atoms with Crippen molar-refractivity contribution in [3.63, 3.8) is 0 Å². The lowest BCUT2D eigenvalue weighted by molar-refractivity contribution is 0.149. The fourth-order valence-corrected chi connectivity index (χ4v) is 6.40. The summed E-state index contributed by atoms with van der Waals surface area (Å²) in [6.07, 6.45) is 0. The van der Waals surface area contributed by atoms with Gasteiger partial charge >= 0.3 is 15.5 Å². The highest BCUT2D eigenvalue weighted by molar-refractivity contribution is 7.66. The van der Waals surface area contributed by atoms with E-state index in [4.69, 9.17) is 18.1 Å². The van der Waals surface area contributed by atoms with Crippen LogP contribution in [0.4, 0.5) is 0 Å². The molecule has 0 aliphatic heterocycles. The van der Waals surface area contributed by atoms with Gasteiger partial charge in [0.25, 0.3) is 0 Å². The molecule has 138 valence electrons. The van der Waals surface area contributed by atoms with Gasteiger partial charge < -0.3 is 0 Å². The Morgan fingerprint density at radius 2 is 1.12 bits per heavy atom. The van der Waals surface area contributed by atoms with Crippen LogP contribution in [0.3, 0.4) is 0 Å². The summed E-state index contributed by atoms with van der Waals surface area (Å²) in [5.74, 6) is 0. The zero-order valence-electron chi connectivity index (χ0n) is 14.7. The minimum Gasteiger partial charge on any atom is -0.297 e. The standard InChI is InChI=1S/C15H27NO6P2/c1-5-19-23(17,20-6-2)16(14-15-12-10-9-11-13-15)24(18,21-7-3)22-8-4/h9-13H,5-8,14H2,1-4H3. The molecule has 7 nitrogen and oxygen atoms in total. The van der Waals surface area contributed by atoms with Crippen molar-refractivity contribution in [1.82, 2.24) is 4.44 Å². The molecule has 0 saturated heterocycles. The molecular weight excluding hydrogens is 352 g/mol. The number of rotatable bonds is 12. The van der Waals surface area contributed by atoms with Gasteiger partial charge in [-0.25, -0.2) is 9.13 Å². The van der Waals surface area contributed by atoms with Crippen LogP contribution in [0.15, 0.2) is 30.3 Å². The second-order valence-electron chi connectivity index (χ2n) is 4.62. The van der Waals surface area contributed by atoms with Gasteiger partial charge in [0.1, 0.15) is 0 Å². The predicted molar refractivity (Wildman–Crippen MR) is 93.7 cm³/mol. The van der Waals surface area contributed by atoms with Crippen LogP contribution < -0.4 is 0 Å². The maximum Gasteiger partial charge on any atom is 0.417 e. The van der Waals surface area contributed by atoms with Gasteiger partial charge in [-0.05, 0) is 33.3 Å². The van der Waals surface area contributed by atoms with Crippen molar-refractivity contribution in [3.05, 3.63) is 35.9 Å². The Labute approximate surface area is 144 Å². The molecule has 0 fully saturated rings. The van der Waals surface area contributed by atoms with Gasteiger partial charge in [0.2, 0.25) is 0 Å². The molecule has 0 heterocycles. The average molecular weight is 379 g/mol. The van der Waals surface area contributed by atoms with Crippen LogP contribution >= 0.6 is 15.5 Å². The Bertz CT molecular complexity index is 518. The van der Waals surface area contributed by atoms with Crippen LogP contribution in [-0.2, 0) is 33.8 Å². The van der Waals surface area contributed by atoms with Crippen molar-refractivity contribution >= 4 is 15.5 Å². The van der Waals surface area contributed by atoms with E-state index in [0.717, 1.165) is 10.0 Å². The molecule has 1 rings (SSSR count). The molecule has 0 unspecified atom stereocenters. The third-order valence-electron chi connectivity index (χ3n) is 2.90. The molecule has 0 N–H and O–H groups in total. The third-order valence-corrected chi connectivity index (χ3v) is 7.97. The van der Waals surface area contributed by atoms with Gasteiger partial charge in [0, 0.05) is 6.54 Å². The van der Waals surface area contributed by atoms with Crippen molar-refractivity contribution in [1.29, 1.82) is 0 Å². The number of hydrogen-bond acceptors (Lipinski definition) is 6. The topological polar surface area (TPSA) is 74.3 Å². The second-order valence-corrected chi connectivity index (χ2v) is 8.81. The fraction of sp³-hybridized carbons (Fsp3) is 0.600. The molecule has 1 aromatic carbocycles. The summed E-state index contributed by atoms with van der Waals surface area (Å²) in [5.41, 5.74) is 0.789. The monoisotopic (exact) mass is 379 g/mol. The first-order valence-electron chi connectivity index (χ1n) is 8.06. The molecule has 0 atom stereocenters. The van der Waals surface area contributed by atoms with Gasteiger partial charge in [0.05, 0.1) is 26.4 Å². The number of hydrogen-bond donors (Lipinski definition) is 0. The molecule has 9 heteroatoms. The highest BCUT2D eigenvalue weighted by Gasteiger charge is 2.47. The minimum absolute atomic E-state index is 0.0510. The SMILES string of the molecule is CCOP(=O)(OCC)N(Cc1ccccc1)P(=O)(OCC)OCC. The van der Waals surface area contributed by atoms with Crippen LogP contribution in [-0.4, -0.2) is 30.9 Å². The smallest absolute Gasteiger partial charge is 0.297 e. The molecule has 0 bridgehead atoms. The zero-order chi connectivity index (χ0) is 18.1. The third kappa shape index (κ3) is 5.78. The van der Waals surface area contributed by atoms with E-state index in [2.05, 4.69) is 0 Å². The number of nitrogens with zero attached hydrogens (tertiary/aromatic N) is 1. The van der Waals surface area contributed by atoms with Gasteiger partial charge in [-0.15, -0.1) is 4.44 Å². The highest BCUT2D eigenvalue weighted by atomic mass is 31.3. The van der Waals surface area contributed by atoms with E-state index in [1.807, 2.05) is 30.3 Å². The molecule has 0 aromatic heterocycles. The maximum absolute atomic E-state index is 13.3. The normalized spacial score (nSPS) is 12.7. The van der Waals surface area contributed by atoms with Crippen molar-refractivity contribution in [3.8, 4) is 0 Å². The van der Waals surface area contributed by atoms with Crippen LogP contribution in [0.25, 0.3) is 0 Å². The van der Waals surface area contributed by atoms with Gasteiger partial charge in [-0.3, -0.25) is 18.1 Å². The van der Waals surface area contributed by atoms with Gasteiger partial charge in [0.15, 0.2) is 0 Å². The zero-order valence-corrected chi connectivity index (χ0v) is 16.5. The van der Waals surface area contributed by atoms with Crippen LogP contribution in [0, 0.1) is 0 Å². The molecule has 0 radical (unpaired) electrons. The van der Waals surface area contributed by atoms with E-state index in [-0.39, 0.29) is 33.0 Å². The summed E-state index contributed by atoms with van der Waals surface area (Å²) >= 11 is 0. The van der Waals surface area contributed by atoms with E-state index in [9.17, 15) is 9.13 Å². The summed E-state index contributed by atoms with van der Waals surface area (Å²) in [6.45, 7) is 7.38. The largest absolute Gasteiger partial charge is 0.417 e. The lowest BCUT2D eigenvalue weighted by atomic mass is 10.2. The van der Waals surface area contributed by atoms with Crippen LogP contribution in [0.1, 0.15) is 33.3 Å². The Morgan fingerprint density at radius 3 is 1.46 bits per heavy atom. The quantitative estimate of drug-likeness (QED) is 0.481. The average Bonchev–Trinajstić information content (AvgIpc) is 2.54. The summed E-state index contributed by atoms with van der Waals surface area (Å²) in [4.78, 5) is 0. The van der Waals surface area contributed by atoms with Gasteiger partial charge in [-0.1, -0.05) is 30.3 Å². The van der Waals surface area contributed by atoms with Crippen LogP contribution in [0.2, 0.25) is 0 Å². The van der Waals surface area contributed by atoms with Gasteiger partial charge in [-0.2, -0.15) is 0 Å². The lowest BCUT2D eigenvalue weighted by Gasteiger charge is -2.33. The van der Waals surface area contributed by atoms with Crippen LogP contribution in [0.5, 0.6) is 0 Å². The molecule has 1 aromatic rings.